The highest BCUT2D eigenvalue weighted by molar-refractivity contribution is 7.92. The molecule has 0 bridgehead atoms. The largest absolute Gasteiger partial charge is 0.354 e. The minimum absolute atomic E-state index is 0.178. The molecule has 2 amide bonds. The van der Waals surface area contributed by atoms with Crippen molar-refractivity contribution >= 4 is 39.1 Å². The minimum Gasteiger partial charge on any atom is -0.354 e. The summed E-state index contributed by atoms with van der Waals surface area (Å²) < 4.78 is 26.2. The van der Waals surface area contributed by atoms with E-state index in [-0.39, 0.29) is 12.5 Å². The molecule has 1 N–H and O–H groups in total. The van der Waals surface area contributed by atoms with Crippen LogP contribution in [0.3, 0.4) is 0 Å². The molecule has 0 fully saturated rings. The van der Waals surface area contributed by atoms with Crippen molar-refractivity contribution in [3.8, 4) is 0 Å². The standard InChI is InChI=1S/C23H30ClN3O4S/c1-5-13-25-23(29)18(3)26(15-19-9-7-6-8-10-19)22(28)16-27(32(4,30)31)21-12-11-20(24)14-17(21)2/h6-12,14,18H,5,13,15-16H2,1-4H3,(H,25,29)/t18-/m1/s1. The zero-order valence-electron chi connectivity index (χ0n) is 18.8. The molecule has 0 radical (unpaired) electrons. The van der Waals surface area contributed by atoms with Crippen LogP contribution in [-0.2, 0) is 26.2 Å². The van der Waals surface area contributed by atoms with Crippen LogP contribution < -0.4 is 9.62 Å². The molecule has 0 aromatic heterocycles. The number of carbonyl (C=O) groups is 2. The van der Waals surface area contributed by atoms with Gasteiger partial charge in [0.2, 0.25) is 21.8 Å². The van der Waals surface area contributed by atoms with Gasteiger partial charge in [-0.15, -0.1) is 0 Å². The lowest BCUT2D eigenvalue weighted by Crippen LogP contribution is -2.51. The third-order valence-corrected chi connectivity index (χ3v) is 6.38. The SMILES string of the molecule is CCCNC(=O)[C@@H](C)N(Cc1ccccc1)C(=O)CN(c1ccc(Cl)cc1C)S(C)(=O)=O. The van der Waals surface area contributed by atoms with Crippen LogP contribution >= 0.6 is 11.6 Å². The van der Waals surface area contributed by atoms with E-state index in [9.17, 15) is 18.0 Å². The van der Waals surface area contributed by atoms with Gasteiger partial charge in [-0.2, -0.15) is 0 Å². The molecule has 0 aliphatic carbocycles. The maximum atomic E-state index is 13.4. The maximum absolute atomic E-state index is 13.4. The number of rotatable bonds is 10. The average Bonchev–Trinajstić information content (AvgIpc) is 2.74. The fourth-order valence-electron chi connectivity index (χ4n) is 3.25. The van der Waals surface area contributed by atoms with Crippen molar-refractivity contribution in [2.45, 2.75) is 39.8 Å². The van der Waals surface area contributed by atoms with Crippen molar-refractivity contribution in [1.82, 2.24) is 10.2 Å². The van der Waals surface area contributed by atoms with Gasteiger partial charge < -0.3 is 10.2 Å². The highest BCUT2D eigenvalue weighted by Gasteiger charge is 2.30. The second-order valence-corrected chi connectivity index (χ2v) is 10.0. The van der Waals surface area contributed by atoms with Crippen molar-refractivity contribution in [1.29, 1.82) is 0 Å². The first-order valence-electron chi connectivity index (χ1n) is 10.4. The zero-order chi connectivity index (χ0) is 23.9. The number of benzene rings is 2. The molecule has 2 aromatic rings. The Balaban J connectivity index is 2.38. The van der Waals surface area contributed by atoms with Gasteiger partial charge >= 0.3 is 0 Å². The number of aryl methyl sites for hydroxylation is 1. The van der Waals surface area contributed by atoms with Crippen LogP contribution in [0.4, 0.5) is 5.69 Å². The molecule has 0 aliphatic rings. The summed E-state index contributed by atoms with van der Waals surface area (Å²) in [6.45, 7) is 5.56. The number of amides is 2. The van der Waals surface area contributed by atoms with Gasteiger partial charge in [-0.05, 0) is 49.6 Å². The van der Waals surface area contributed by atoms with Gasteiger partial charge in [0.15, 0.2) is 0 Å². The number of halogens is 1. The summed E-state index contributed by atoms with van der Waals surface area (Å²) in [7, 11) is -3.77. The Morgan fingerprint density at radius 2 is 1.78 bits per heavy atom. The Bertz CT molecular complexity index is 1040. The number of nitrogens with one attached hydrogen (secondary N) is 1. The predicted molar refractivity (Wildman–Crippen MR) is 128 cm³/mol. The van der Waals surface area contributed by atoms with Crippen LogP contribution in [0.2, 0.25) is 5.02 Å². The third kappa shape index (κ3) is 6.97. The van der Waals surface area contributed by atoms with Crippen molar-refractivity contribution in [2.24, 2.45) is 0 Å². The molecular weight excluding hydrogens is 450 g/mol. The van der Waals surface area contributed by atoms with Gasteiger partial charge in [0.25, 0.3) is 0 Å². The second kappa shape index (κ2) is 11.3. The van der Waals surface area contributed by atoms with E-state index in [2.05, 4.69) is 5.32 Å². The average molecular weight is 480 g/mol. The molecule has 0 heterocycles. The predicted octanol–water partition coefficient (Wildman–Crippen LogP) is 3.36. The van der Waals surface area contributed by atoms with E-state index in [4.69, 9.17) is 11.6 Å². The molecule has 0 unspecified atom stereocenters. The zero-order valence-corrected chi connectivity index (χ0v) is 20.4. The number of anilines is 1. The van der Waals surface area contributed by atoms with E-state index >= 15 is 0 Å². The topological polar surface area (TPSA) is 86.8 Å². The summed E-state index contributed by atoms with van der Waals surface area (Å²) >= 11 is 6.01. The first kappa shape index (κ1) is 25.7. The molecule has 174 valence electrons. The fraction of sp³-hybridized carbons (Fsp3) is 0.391. The van der Waals surface area contributed by atoms with E-state index < -0.39 is 28.5 Å². The van der Waals surface area contributed by atoms with E-state index in [1.807, 2.05) is 37.3 Å². The lowest BCUT2D eigenvalue weighted by molar-refractivity contribution is -0.139. The van der Waals surface area contributed by atoms with Gasteiger partial charge in [0, 0.05) is 18.1 Å². The number of hydrogen-bond acceptors (Lipinski definition) is 4. The van der Waals surface area contributed by atoms with Gasteiger partial charge in [-0.3, -0.25) is 13.9 Å². The van der Waals surface area contributed by atoms with Crippen LogP contribution in [0.15, 0.2) is 48.5 Å². The van der Waals surface area contributed by atoms with Crippen molar-refractivity contribution < 1.29 is 18.0 Å². The smallest absolute Gasteiger partial charge is 0.244 e. The van der Waals surface area contributed by atoms with Gasteiger partial charge in [-0.1, -0.05) is 48.9 Å². The summed E-state index contributed by atoms with van der Waals surface area (Å²) in [5.41, 5.74) is 1.83. The summed E-state index contributed by atoms with van der Waals surface area (Å²) in [5.74, 6) is -0.766. The molecule has 2 rings (SSSR count). The van der Waals surface area contributed by atoms with Crippen molar-refractivity contribution in [3.63, 3.8) is 0 Å². The number of carbonyl (C=O) groups excluding carboxylic acids is 2. The van der Waals surface area contributed by atoms with Crippen molar-refractivity contribution in [3.05, 3.63) is 64.7 Å². The lowest BCUT2D eigenvalue weighted by Gasteiger charge is -2.32. The molecule has 7 nitrogen and oxygen atoms in total. The molecule has 0 aliphatic heterocycles. The monoisotopic (exact) mass is 479 g/mol. The fourth-order valence-corrected chi connectivity index (χ4v) is 4.39. The molecule has 1 atom stereocenters. The Hall–Kier alpha value is -2.58. The molecule has 32 heavy (non-hydrogen) atoms. The number of hydrogen-bond donors (Lipinski definition) is 1. The summed E-state index contributed by atoms with van der Waals surface area (Å²) in [6, 6.07) is 13.3. The van der Waals surface area contributed by atoms with Gasteiger partial charge in [-0.25, -0.2) is 8.42 Å². The third-order valence-electron chi connectivity index (χ3n) is 5.02. The Morgan fingerprint density at radius 3 is 2.34 bits per heavy atom. The minimum atomic E-state index is -3.77. The van der Waals surface area contributed by atoms with Crippen molar-refractivity contribution in [2.75, 3.05) is 23.7 Å². The molecule has 0 saturated carbocycles. The van der Waals surface area contributed by atoms with Crippen LogP contribution in [0, 0.1) is 6.92 Å². The van der Waals surface area contributed by atoms with E-state index in [0.29, 0.717) is 22.8 Å². The molecule has 0 spiro atoms. The van der Waals surface area contributed by atoms with Crippen LogP contribution in [0.1, 0.15) is 31.4 Å². The number of sulfonamides is 1. The van der Waals surface area contributed by atoms with E-state index in [1.165, 1.54) is 4.90 Å². The first-order valence-corrected chi connectivity index (χ1v) is 12.6. The molecular formula is C23H30ClN3O4S. The van der Waals surface area contributed by atoms with Crippen LogP contribution in [-0.4, -0.2) is 50.5 Å². The Kier molecular flexibility index (Phi) is 9.09. The van der Waals surface area contributed by atoms with E-state index in [0.717, 1.165) is 22.5 Å². The highest BCUT2D eigenvalue weighted by atomic mass is 35.5. The van der Waals surface area contributed by atoms with Crippen LogP contribution in [0.25, 0.3) is 0 Å². The summed E-state index contributed by atoms with van der Waals surface area (Å²) in [4.78, 5) is 27.4. The molecule has 0 saturated heterocycles. The number of nitrogens with zero attached hydrogens (tertiary/aromatic N) is 2. The molecule has 2 aromatic carbocycles. The summed E-state index contributed by atoms with van der Waals surface area (Å²) in [6.07, 6.45) is 1.82. The maximum Gasteiger partial charge on any atom is 0.244 e. The lowest BCUT2D eigenvalue weighted by atomic mass is 10.1. The second-order valence-electron chi connectivity index (χ2n) is 7.67. The van der Waals surface area contributed by atoms with Gasteiger partial charge in [0.05, 0.1) is 11.9 Å². The highest BCUT2D eigenvalue weighted by Crippen LogP contribution is 2.26. The van der Waals surface area contributed by atoms with E-state index in [1.54, 1.807) is 32.0 Å². The Morgan fingerprint density at radius 1 is 1.12 bits per heavy atom. The van der Waals surface area contributed by atoms with Gasteiger partial charge in [0.1, 0.15) is 12.6 Å². The normalized spacial score (nSPS) is 12.2. The summed E-state index contributed by atoms with van der Waals surface area (Å²) in [5, 5.41) is 3.27. The molecule has 9 heteroatoms. The first-order chi connectivity index (χ1) is 15.0. The Labute approximate surface area is 195 Å². The van der Waals surface area contributed by atoms with Crippen LogP contribution in [0.5, 0.6) is 0 Å². The quantitative estimate of drug-likeness (QED) is 0.566.